The highest BCUT2D eigenvalue weighted by Gasteiger charge is 2.12. The minimum Gasteiger partial charge on any atom is -0.352 e. The van der Waals surface area contributed by atoms with Gasteiger partial charge in [-0.05, 0) is 37.6 Å². The van der Waals surface area contributed by atoms with E-state index in [2.05, 4.69) is 16.7 Å². The Morgan fingerprint density at radius 3 is 2.95 bits per heavy atom. The fraction of sp³-hybridized carbons (Fsp3) is 0.357. The van der Waals surface area contributed by atoms with E-state index in [4.69, 9.17) is 0 Å². The van der Waals surface area contributed by atoms with E-state index in [1.165, 1.54) is 5.57 Å². The van der Waals surface area contributed by atoms with Gasteiger partial charge >= 0.3 is 0 Å². The average Bonchev–Trinajstić information content (AvgIpc) is 2.42. The molecule has 1 heterocycles. The first-order valence-corrected chi connectivity index (χ1v) is 6.28. The van der Waals surface area contributed by atoms with E-state index in [0.717, 1.165) is 44.1 Å². The molecular weight excluding hydrogens is 250 g/mol. The molecule has 19 heavy (non-hydrogen) atoms. The maximum Gasteiger partial charge on any atom is 0.254 e. The summed E-state index contributed by atoms with van der Waals surface area (Å²) >= 11 is 0. The van der Waals surface area contributed by atoms with Crippen molar-refractivity contribution in [3.8, 4) is 0 Å². The van der Waals surface area contributed by atoms with Gasteiger partial charge in [-0.1, -0.05) is 11.6 Å². The lowest BCUT2D eigenvalue weighted by molar-refractivity contribution is 0.0949. The molecule has 0 saturated heterocycles. The van der Waals surface area contributed by atoms with Crippen LogP contribution in [0, 0.1) is 11.6 Å². The third kappa shape index (κ3) is 3.86. The molecule has 2 N–H and O–H groups in total. The van der Waals surface area contributed by atoms with Crippen molar-refractivity contribution in [2.45, 2.75) is 12.8 Å². The maximum absolute atomic E-state index is 13.4. The summed E-state index contributed by atoms with van der Waals surface area (Å²) in [6, 6.07) is 2.86. The highest BCUT2D eigenvalue weighted by molar-refractivity contribution is 5.94. The number of benzene rings is 1. The van der Waals surface area contributed by atoms with Gasteiger partial charge in [0.1, 0.15) is 11.6 Å². The van der Waals surface area contributed by atoms with E-state index in [-0.39, 0.29) is 5.56 Å². The van der Waals surface area contributed by atoms with E-state index in [1.54, 1.807) is 0 Å². The number of carbonyl (C=O) groups excluding carboxylic acids is 1. The van der Waals surface area contributed by atoms with Gasteiger partial charge in [0, 0.05) is 13.1 Å². The summed E-state index contributed by atoms with van der Waals surface area (Å²) in [5.74, 6) is -1.90. The van der Waals surface area contributed by atoms with Crippen molar-refractivity contribution in [3.63, 3.8) is 0 Å². The van der Waals surface area contributed by atoms with Crippen LogP contribution in [0.3, 0.4) is 0 Å². The van der Waals surface area contributed by atoms with Gasteiger partial charge in [-0.25, -0.2) is 8.78 Å². The minimum absolute atomic E-state index is 0.251. The van der Waals surface area contributed by atoms with Crippen molar-refractivity contribution in [1.82, 2.24) is 10.6 Å². The normalized spacial score (nSPS) is 14.9. The first-order chi connectivity index (χ1) is 9.16. The third-order valence-corrected chi connectivity index (χ3v) is 3.06. The van der Waals surface area contributed by atoms with Crippen LogP contribution in [-0.4, -0.2) is 25.5 Å². The monoisotopic (exact) mass is 266 g/mol. The van der Waals surface area contributed by atoms with Gasteiger partial charge in [-0.3, -0.25) is 4.79 Å². The predicted molar refractivity (Wildman–Crippen MR) is 68.9 cm³/mol. The summed E-state index contributed by atoms with van der Waals surface area (Å²) in [6.07, 6.45) is 3.80. The van der Waals surface area contributed by atoms with Gasteiger partial charge in [-0.15, -0.1) is 0 Å². The largest absolute Gasteiger partial charge is 0.352 e. The van der Waals surface area contributed by atoms with Crippen LogP contribution in [0.2, 0.25) is 0 Å². The van der Waals surface area contributed by atoms with Crippen molar-refractivity contribution in [2.24, 2.45) is 0 Å². The van der Waals surface area contributed by atoms with Gasteiger partial charge in [0.2, 0.25) is 0 Å². The van der Waals surface area contributed by atoms with Crippen molar-refractivity contribution in [3.05, 3.63) is 47.0 Å². The molecule has 2 rings (SSSR count). The van der Waals surface area contributed by atoms with Crippen molar-refractivity contribution in [2.75, 3.05) is 19.6 Å². The molecule has 0 fully saturated rings. The van der Waals surface area contributed by atoms with Gasteiger partial charge in [0.05, 0.1) is 5.56 Å². The molecule has 0 atom stereocenters. The second-order valence-corrected chi connectivity index (χ2v) is 4.45. The fourth-order valence-electron chi connectivity index (χ4n) is 2.00. The molecule has 3 nitrogen and oxygen atoms in total. The second-order valence-electron chi connectivity index (χ2n) is 4.45. The Hall–Kier alpha value is -1.75. The zero-order valence-corrected chi connectivity index (χ0v) is 10.5. The molecule has 0 saturated carbocycles. The van der Waals surface area contributed by atoms with Crippen molar-refractivity contribution < 1.29 is 13.6 Å². The number of amides is 1. The molecule has 0 bridgehead atoms. The number of hydrogen-bond donors (Lipinski definition) is 2. The molecule has 0 radical (unpaired) electrons. The molecule has 1 aromatic rings. The summed E-state index contributed by atoms with van der Waals surface area (Å²) in [6.45, 7) is 2.22. The summed E-state index contributed by atoms with van der Waals surface area (Å²) in [4.78, 5) is 11.7. The molecule has 1 amide bonds. The molecule has 102 valence electrons. The molecule has 0 aliphatic carbocycles. The summed E-state index contributed by atoms with van der Waals surface area (Å²) in [5.41, 5.74) is 1.03. The first-order valence-electron chi connectivity index (χ1n) is 6.28. The summed E-state index contributed by atoms with van der Waals surface area (Å²) < 4.78 is 26.3. The molecule has 0 unspecified atom stereocenters. The number of carbonyl (C=O) groups is 1. The van der Waals surface area contributed by atoms with Crippen LogP contribution in [0.25, 0.3) is 0 Å². The predicted octanol–water partition coefficient (Wildman–Crippen LogP) is 2.00. The van der Waals surface area contributed by atoms with Crippen LogP contribution in [0.1, 0.15) is 23.2 Å². The van der Waals surface area contributed by atoms with Gasteiger partial charge < -0.3 is 10.6 Å². The minimum atomic E-state index is -0.708. The molecule has 1 aromatic carbocycles. The molecule has 1 aliphatic heterocycles. The van der Waals surface area contributed by atoms with Crippen LogP contribution < -0.4 is 10.6 Å². The highest BCUT2D eigenvalue weighted by atomic mass is 19.1. The van der Waals surface area contributed by atoms with E-state index >= 15 is 0 Å². The Kier molecular flexibility index (Phi) is 4.63. The zero-order valence-electron chi connectivity index (χ0n) is 10.5. The quantitative estimate of drug-likeness (QED) is 0.818. The molecule has 0 aromatic heterocycles. The van der Waals surface area contributed by atoms with Crippen LogP contribution in [0.4, 0.5) is 8.78 Å². The smallest absolute Gasteiger partial charge is 0.254 e. The Balaban J connectivity index is 1.87. The first kappa shape index (κ1) is 13.7. The number of nitrogens with one attached hydrogen (secondary N) is 2. The van der Waals surface area contributed by atoms with Crippen LogP contribution >= 0.6 is 0 Å². The lowest BCUT2D eigenvalue weighted by Crippen LogP contribution is -2.27. The van der Waals surface area contributed by atoms with Gasteiger partial charge in [0.25, 0.3) is 5.91 Å². The standard InChI is InChI=1S/C14H16F2N2O/c15-11-1-2-13(16)12(9-11)14(19)18-8-5-10-3-6-17-7-4-10/h1-3,9,17H,4-8H2,(H,18,19). The van der Waals surface area contributed by atoms with Crippen LogP contribution in [-0.2, 0) is 0 Å². The number of rotatable bonds is 4. The molecular formula is C14H16F2N2O. The number of halogens is 2. The zero-order chi connectivity index (χ0) is 13.7. The molecule has 0 spiro atoms. The fourth-order valence-corrected chi connectivity index (χ4v) is 2.00. The maximum atomic E-state index is 13.4. The van der Waals surface area contributed by atoms with Crippen LogP contribution in [0.15, 0.2) is 29.8 Å². The number of hydrogen-bond acceptors (Lipinski definition) is 2. The Morgan fingerprint density at radius 1 is 1.37 bits per heavy atom. The van der Waals surface area contributed by atoms with E-state index in [9.17, 15) is 13.6 Å². The van der Waals surface area contributed by atoms with E-state index in [0.29, 0.717) is 6.54 Å². The van der Waals surface area contributed by atoms with E-state index in [1.807, 2.05) is 0 Å². The summed E-state index contributed by atoms with van der Waals surface area (Å²) in [5, 5.41) is 5.81. The average molecular weight is 266 g/mol. The van der Waals surface area contributed by atoms with Crippen molar-refractivity contribution in [1.29, 1.82) is 0 Å². The lowest BCUT2D eigenvalue weighted by Gasteiger charge is -2.14. The third-order valence-electron chi connectivity index (χ3n) is 3.06. The van der Waals surface area contributed by atoms with Crippen molar-refractivity contribution >= 4 is 5.91 Å². The van der Waals surface area contributed by atoms with E-state index < -0.39 is 17.5 Å². The Labute approximate surface area is 110 Å². The molecule has 5 heteroatoms. The van der Waals surface area contributed by atoms with Gasteiger partial charge in [-0.2, -0.15) is 0 Å². The van der Waals surface area contributed by atoms with Gasteiger partial charge in [0.15, 0.2) is 0 Å². The highest BCUT2D eigenvalue weighted by Crippen LogP contribution is 2.11. The Bertz CT molecular complexity index is 500. The Morgan fingerprint density at radius 2 is 2.21 bits per heavy atom. The van der Waals surface area contributed by atoms with Crippen LogP contribution in [0.5, 0.6) is 0 Å². The molecule has 1 aliphatic rings. The summed E-state index contributed by atoms with van der Waals surface area (Å²) in [7, 11) is 0. The lowest BCUT2D eigenvalue weighted by atomic mass is 10.1. The second kappa shape index (κ2) is 6.43. The topological polar surface area (TPSA) is 41.1 Å². The SMILES string of the molecule is O=C(NCCC1=CCNCC1)c1cc(F)ccc1F.